The Morgan fingerprint density at radius 1 is 0.375 bits per heavy atom. The van der Waals surface area contributed by atoms with E-state index in [2.05, 4.69) is 196 Å². The van der Waals surface area contributed by atoms with Gasteiger partial charge in [0.05, 0.1) is 0 Å². The van der Waals surface area contributed by atoms with E-state index in [1.54, 1.807) is 0 Å². The van der Waals surface area contributed by atoms with Gasteiger partial charge < -0.3 is 4.42 Å². The first-order chi connectivity index (χ1) is 27.6. The minimum absolute atomic E-state index is 0.227. The topological polar surface area (TPSA) is 13.1 Å². The Labute approximate surface area is 325 Å². The van der Waals surface area contributed by atoms with E-state index < -0.39 is 0 Å². The van der Waals surface area contributed by atoms with Gasteiger partial charge in [0.25, 0.3) is 0 Å². The summed E-state index contributed by atoms with van der Waals surface area (Å²) < 4.78 is 6.99. The molecular formula is C55H36O. The standard InChI is InChI=1S/C55H36O/c1-55(2)47-27-15-14-26-44(47)52-51-45-29-28-33-16-6-7-19-35(33)54(45)56-48(51)32-46(53(52)55)38-30-31-43(37-21-9-8-20-36(37)38)50-41-24-12-10-22-39(41)49(34-17-4-3-5-18-34)40-23-11-13-25-42(40)50/h3-32H,1-2H3. The van der Waals surface area contributed by atoms with Gasteiger partial charge in [-0.2, -0.15) is 0 Å². The van der Waals surface area contributed by atoms with Crippen LogP contribution in [-0.2, 0) is 5.41 Å². The van der Waals surface area contributed by atoms with Crippen LogP contribution in [0.25, 0.3) is 110 Å². The van der Waals surface area contributed by atoms with Crippen LogP contribution in [0.5, 0.6) is 0 Å². The molecule has 56 heavy (non-hydrogen) atoms. The highest BCUT2D eigenvalue weighted by Gasteiger charge is 2.40. The maximum Gasteiger partial charge on any atom is 0.143 e. The van der Waals surface area contributed by atoms with Crippen molar-refractivity contribution in [2.45, 2.75) is 19.3 Å². The van der Waals surface area contributed by atoms with Gasteiger partial charge in [-0.1, -0.05) is 184 Å². The summed E-state index contributed by atoms with van der Waals surface area (Å²) in [5.41, 5.74) is 14.5. The third-order valence-electron chi connectivity index (χ3n) is 12.6. The van der Waals surface area contributed by atoms with Gasteiger partial charge in [-0.25, -0.2) is 0 Å². The summed E-state index contributed by atoms with van der Waals surface area (Å²) in [7, 11) is 0. The Hall–Kier alpha value is -6.96. The van der Waals surface area contributed by atoms with E-state index in [0.29, 0.717) is 0 Å². The summed E-state index contributed by atoms with van der Waals surface area (Å²) in [5.74, 6) is 0. The number of furan rings is 1. The van der Waals surface area contributed by atoms with Crippen LogP contribution in [0.2, 0.25) is 0 Å². The van der Waals surface area contributed by atoms with Crippen molar-refractivity contribution in [1.82, 2.24) is 0 Å². The average Bonchev–Trinajstić information content (AvgIpc) is 3.74. The molecule has 12 rings (SSSR count). The lowest BCUT2D eigenvalue weighted by atomic mass is 9.77. The summed E-state index contributed by atoms with van der Waals surface area (Å²) in [5, 5.41) is 12.2. The lowest BCUT2D eigenvalue weighted by Gasteiger charge is -2.25. The van der Waals surface area contributed by atoms with E-state index in [4.69, 9.17) is 4.42 Å². The third kappa shape index (κ3) is 4.20. The van der Waals surface area contributed by atoms with Gasteiger partial charge >= 0.3 is 0 Å². The first-order valence-corrected chi connectivity index (χ1v) is 19.6. The molecule has 0 N–H and O–H groups in total. The lowest BCUT2D eigenvalue weighted by Crippen LogP contribution is -2.16. The quantitative estimate of drug-likeness (QED) is 0.166. The second-order valence-corrected chi connectivity index (χ2v) is 15.9. The fraction of sp³-hybridized carbons (Fsp3) is 0.0545. The molecule has 0 radical (unpaired) electrons. The number of benzene rings is 10. The molecule has 1 aromatic heterocycles. The molecule has 0 bridgehead atoms. The SMILES string of the molecule is CC1(C)c2ccccc2-c2c1c(-c1ccc(-c3c4ccccc4c(-c4ccccc4)c4ccccc34)c3ccccc13)cc1oc3c4ccccc4ccc3c21. The highest BCUT2D eigenvalue weighted by Crippen LogP contribution is 2.57. The molecule has 0 unspecified atom stereocenters. The molecule has 11 aromatic rings. The first kappa shape index (κ1) is 31.4. The monoisotopic (exact) mass is 712 g/mol. The molecule has 1 aliphatic rings. The average molecular weight is 713 g/mol. The molecule has 0 amide bonds. The molecule has 1 nitrogen and oxygen atoms in total. The van der Waals surface area contributed by atoms with Crippen LogP contribution >= 0.6 is 0 Å². The molecule has 1 heterocycles. The smallest absolute Gasteiger partial charge is 0.143 e. The van der Waals surface area contributed by atoms with Gasteiger partial charge in [-0.3, -0.25) is 0 Å². The summed E-state index contributed by atoms with van der Waals surface area (Å²) in [6.07, 6.45) is 0. The van der Waals surface area contributed by atoms with Crippen LogP contribution in [-0.4, -0.2) is 0 Å². The van der Waals surface area contributed by atoms with Crippen molar-refractivity contribution in [2.24, 2.45) is 0 Å². The van der Waals surface area contributed by atoms with Crippen LogP contribution in [0.3, 0.4) is 0 Å². The molecule has 262 valence electrons. The third-order valence-corrected chi connectivity index (χ3v) is 12.6. The largest absolute Gasteiger partial charge is 0.455 e. The van der Waals surface area contributed by atoms with E-state index in [0.717, 1.165) is 16.6 Å². The highest BCUT2D eigenvalue weighted by atomic mass is 16.3. The van der Waals surface area contributed by atoms with Crippen molar-refractivity contribution < 1.29 is 4.42 Å². The summed E-state index contributed by atoms with van der Waals surface area (Å²) in [4.78, 5) is 0. The second-order valence-electron chi connectivity index (χ2n) is 15.9. The normalized spacial score (nSPS) is 13.3. The molecule has 10 aromatic carbocycles. The Kier molecular flexibility index (Phi) is 6.46. The number of rotatable bonds is 3. The zero-order valence-corrected chi connectivity index (χ0v) is 31.2. The van der Waals surface area contributed by atoms with Crippen molar-refractivity contribution >= 4 is 65.0 Å². The van der Waals surface area contributed by atoms with Crippen LogP contribution in [0.1, 0.15) is 25.0 Å². The number of fused-ring (bicyclic) bond motifs is 12. The molecular weight excluding hydrogens is 677 g/mol. The summed E-state index contributed by atoms with van der Waals surface area (Å²) >= 11 is 0. The lowest BCUT2D eigenvalue weighted by molar-refractivity contribution is 0.659. The Morgan fingerprint density at radius 3 is 1.64 bits per heavy atom. The van der Waals surface area contributed by atoms with Crippen LogP contribution in [0, 0.1) is 0 Å². The first-order valence-electron chi connectivity index (χ1n) is 19.6. The second kappa shape index (κ2) is 11.5. The van der Waals surface area contributed by atoms with Gasteiger partial charge in [0.1, 0.15) is 11.2 Å². The van der Waals surface area contributed by atoms with E-state index in [1.165, 1.54) is 104 Å². The predicted octanol–water partition coefficient (Wildman–Crippen LogP) is 15.5. The van der Waals surface area contributed by atoms with Gasteiger partial charge in [-0.05, 0) is 105 Å². The Balaban J connectivity index is 1.19. The fourth-order valence-corrected chi connectivity index (χ4v) is 10.3. The minimum Gasteiger partial charge on any atom is -0.455 e. The van der Waals surface area contributed by atoms with Crippen molar-refractivity contribution in [2.75, 3.05) is 0 Å². The molecule has 0 spiro atoms. The van der Waals surface area contributed by atoms with Crippen molar-refractivity contribution in [3.63, 3.8) is 0 Å². The number of hydrogen-bond acceptors (Lipinski definition) is 1. The van der Waals surface area contributed by atoms with Crippen molar-refractivity contribution in [1.29, 1.82) is 0 Å². The Bertz CT molecular complexity index is 3380. The van der Waals surface area contributed by atoms with Gasteiger partial charge in [-0.15, -0.1) is 0 Å². The molecule has 1 heteroatoms. The molecule has 0 aliphatic heterocycles. The van der Waals surface area contributed by atoms with Crippen LogP contribution in [0.15, 0.2) is 186 Å². The predicted molar refractivity (Wildman–Crippen MR) is 238 cm³/mol. The number of hydrogen-bond donors (Lipinski definition) is 0. The van der Waals surface area contributed by atoms with E-state index in [9.17, 15) is 0 Å². The maximum absolute atomic E-state index is 6.99. The van der Waals surface area contributed by atoms with Crippen molar-refractivity contribution in [3.8, 4) is 44.5 Å². The van der Waals surface area contributed by atoms with E-state index in [1.807, 2.05) is 0 Å². The summed E-state index contributed by atoms with van der Waals surface area (Å²) in [6, 6.07) is 66.9. The van der Waals surface area contributed by atoms with Gasteiger partial charge in [0.2, 0.25) is 0 Å². The summed E-state index contributed by atoms with van der Waals surface area (Å²) in [6.45, 7) is 4.79. The highest BCUT2D eigenvalue weighted by molar-refractivity contribution is 6.25. The zero-order valence-electron chi connectivity index (χ0n) is 31.2. The molecule has 1 aliphatic carbocycles. The van der Waals surface area contributed by atoms with Gasteiger partial charge in [0, 0.05) is 21.6 Å². The van der Waals surface area contributed by atoms with Crippen molar-refractivity contribution in [3.05, 3.63) is 193 Å². The molecule has 0 fully saturated rings. The van der Waals surface area contributed by atoms with Gasteiger partial charge in [0.15, 0.2) is 0 Å². The molecule has 0 saturated carbocycles. The minimum atomic E-state index is -0.227. The maximum atomic E-state index is 6.99. The molecule has 0 saturated heterocycles. The fourth-order valence-electron chi connectivity index (χ4n) is 10.3. The van der Waals surface area contributed by atoms with Crippen LogP contribution < -0.4 is 0 Å². The van der Waals surface area contributed by atoms with Crippen LogP contribution in [0.4, 0.5) is 0 Å². The molecule has 0 atom stereocenters. The Morgan fingerprint density at radius 2 is 0.929 bits per heavy atom. The van der Waals surface area contributed by atoms with E-state index >= 15 is 0 Å². The van der Waals surface area contributed by atoms with E-state index in [-0.39, 0.29) is 5.41 Å². The zero-order chi connectivity index (χ0) is 37.1.